The quantitative estimate of drug-likeness (QED) is 0.209. The van der Waals surface area contributed by atoms with Gasteiger partial charge in [0, 0.05) is 49.2 Å². The molecule has 0 aliphatic carbocycles. The molecule has 3 aromatic heterocycles. The molecule has 0 saturated carbocycles. The number of carbonyl (C=O) groups excluding carboxylic acids is 1. The number of pyridine rings is 1. The number of rotatable bonds is 4. The highest BCUT2D eigenvalue weighted by atomic mass is 79.9. The molecule has 0 radical (unpaired) electrons. The second-order valence-corrected chi connectivity index (χ2v) is 10.3. The summed E-state index contributed by atoms with van der Waals surface area (Å²) >= 11 is 3.40. The van der Waals surface area contributed by atoms with Crippen LogP contribution in [0.3, 0.4) is 0 Å². The summed E-state index contributed by atoms with van der Waals surface area (Å²) in [6.07, 6.45) is 3.51. The fourth-order valence-electron chi connectivity index (χ4n) is 5.12. The van der Waals surface area contributed by atoms with E-state index < -0.39 is 46.7 Å². The number of aromatic nitrogens is 5. The number of piperidine rings is 1. The Morgan fingerprint density at radius 2 is 1.68 bits per heavy atom. The zero-order valence-electron chi connectivity index (χ0n) is 20.8. The minimum Gasteiger partial charge on any atom is -0.337 e. The molecule has 41 heavy (non-hydrogen) atoms. The maximum atomic E-state index is 14.6. The number of carbonyl (C=O) groups is 1. The molecule has 14 heteroatoms. The number of hydrogen-bond donors (Lipinski definition) is 1. The summed E-state index contributed by atoms with van der Waals surface area (Å²) < 4.78 is 72.9. The van der Waals surface area contributed by atoms with Gasteiger partial charge in [-0.1, -0.05) is 0 Å². The van der Waals surface area contributed by atoms with Crippen molar-refractivity contribution in [2.75, 3.05) is 13.1 Å². The molecule has 1 fully saturated rings. The molecule has 0 unspecified atom stereocenters. The standard InChI is InChI=1S/C27H18BrF5N6O2/c28-20-23(36-39(24(20)13-2-1-7-34-12-13)15-10-17(30)21(32)18(31)11-15)26(40)37-8-5-14(6-9-37)38-25-19(35-27(38)41)4-3-16(29)22(25)33/h1-4,7,10-12,14H,5-6,8-9H2,(H,35,41). The van der Waals surface area contributed by atoms with E-state index in [0.29, 0.717) is 5.56 Å². The highest BCUT2D eigenvalue weighted by molar-refractivity contribution is 9.10. The Kier molecular flexibility index (Phi) is 6.72. The van der Waals surface area contributed by atoms with Crippen LogP contribution in [0.1, 0.15) is 29.4 Å². The number of hydrogen-bond acceptors (Lipinski definition) is 4. The van der Waals surface area contributed by atoms with E-state index in [1.807, 2.05) is 0 Å². The molecule has 0 bridgehead atoms. The summed E-state index contributed by atoms with van der Waals surface area (Å²) in [7, 11) is 0. The molecule has 0 spiro atoms. The van der Waals surface area contributed by atoms with Crippen LogP contribution in [0.5, 0.6) is 0 Å². The monoisotopic (exact) mass is 632 g/mol. The van der Waals surface area contributed by atoms with Gasteiger partial charge in [0.25, 0.3) is 5.91 Å². The molecule has 5 aromatic rings. The van der Waals surface area contributed by atoms with Crippen LogP contribution in [0, 0.1) is 29.1 Å². The van der Waals surface area contributed by atoms with Crippen molar-refractivity contribution in [2.45, 2.75) is 18.9 Å². The SMILES string of the molecule is O=C(c1nn(-c2cc(F)c(F)c(F)c2)c(-c2cccnc2)c1Br)N1CCC(n2c(=O)[nH]c3ccc(F)c(F)c32)CC1. The lowest BCUT2D eigenvalue weighted by molar-refractivity contribution is 0.0687. The van der Waals surface area contributed by atoms with Gasteiger partial charge in [-0.3, -0.25) is 14.3 Å². The molecule has 1 aliphatic rings. The van der Waals surface area contributed by atoms with Crippen molar-refractivity contribution in [1.82, 2.24) is 29.2 Å². The lowest BCUT2D eigenvalue weighted by atomic mass is 10.0. The van der Waals surface area contributed by atoms with E-state index in [1.165, 1.54) is 27.9 Å². The number of likely N-dealkylation sites (tertiary alicyclic amines) is 1. The lowest BCUT2D eigenvalue weighted by Gasteiger charge is -2.32. The van der Waals surface area contributed by atoms with Crippen molar-refractivity contribution < 1.29 is 26.7 Å². The highest BCUT2D eigenvalue weighted by Gasteiger charge is 2.32. The van der Waals surface area contributed by atoms with Gasteiger partial charge in [0.1, 0.15) is 5.52 Å². The smallest absolute Gasteiger partial charge is 0.326 e. The average molecular weight is 633 g/mol. The van der Waals surface area contributed by atoms with Crippen LogP contribution < -0.4 is 5.69 Å². The summed E-state index contributed by atoms with van der Waals surface area (Å²) in [5.74, 6) is -7.23. The maximum absolute atomic E-state index is 14.6. The van der Waals surface area contributed by atoms with E-state index in [4.69, 9.17) is 0 Å². The second-order valence-electron chi connectivity index (χ2n) is 9.47. The van der Waals surface area contributed by atoms with E-state index in [2.05, 4.69) is 31.0 Å². The number of imidazole rings is 1. The van der Waals surface area contributed by atoms with Crippen LogP contribution in [0.4, 0.5) is 22.0 Å². The Labute approximate surface area is 236 Å². The van der Waals surface area contributed by atoms with Gasteiger partial charge in [-0.25, -0.2) is 31.4 Å². The van der Waals surface area contributed by atoms with Crippen molar-refractivity contribution in [3.63, 3.8) is 0 Å². The predicted octanol–water partition coefficient (Wildman–Crippen LogP) is 5.51. The zero-order chi connectivity index (χ0) is 29.0. The van der Waals surface area contributed by atoms with Crippen molar-refractivity contribution in [3.8, 4) is 16.9 Å². The summed E-state index contributed by atoms with van der Waals surface area (Å²) in [5, 5.41) is 4.33. The predicted molar refractivity (Wildman–Crippen MR) is 141 cm³/mol. The van der Waals surface area contributed by atoms with Gasteiger partial charge in [0.05, 0.1) is 21.4 Å². The first-order chi connectivity index (χ1) is 19.7. The molecule has 1 saturated heterocycles. The molecule has 2 aromatic carbocycles. The van der Waals surface area contributed by atoms with Gasteiger partial charge < -0.3 is 9.88 Å². The van der Waals surface area contributed by atoms with Gasteiger partial charge in [-0.05, 0) is 53.0 Å². The first-order valence-corrected chi connectivity index (χ1v) is 13.2. The van der Waals surface area contributed by atoms with Crippen molar-refractivity contribution >= 4 is 32.9 Å². The number of H-pyrrole nitrogens is 1. The third-order valence-electron chi connectivity index (χ3n) is 7.07. The highest BCUT2D eigenvalue weighted by Crippen LogP contribution is 2.35. The molecule has 4 heterocycles. The topological polar surface area (TPSA) is 88.8 Å². The summed E-state index contributed by atoms with van der Waals surface area (Å²) in [6.45, 7) is 0.307. The van der Waals surface area contributed by atoms with Gasteiger partial charge in [-0.2, -0.15) is 5.10 Å². The normalized spacial score (nSPS) is 14.2. The average Bonchev–Trinajstić information content (AvgIpc) is 3.50. The van der Waals surface area contributed by atoms with Crippen LogP contribution in [-0.4, -0.2) is 48.2 Å². The van der Waals surface area contributed by atoms with Gasteiger partial charge in [-0.15, -0.1) is 0 Å². The lowest BCUT2D eigenvalue weighted by Crippen LogP contribution is -2.40. The molecule has 8 nitrogen and oxygen atoms in total. The second kappa shape index (κ2) is 10.3. The number of aromatic amines is 1. The van der Waals surface area contributed by atoms with Gasteiger partial charge in [0.15, 0.2) is 34.8 Å². The Morgan fingerprint density at radius 3 is 2.34 bits per heavy atom. The molecule has 1 aliphatic heterocycles. The number of nitrogens with zero attached hydrogens (tertiary/aromatic N) is 5. The van der Waals surface area contributed by atoms with Crippen molar-refractivity contribution in [2.24, 2.45) is 0 Å². The fraction of sp³-hybridized carbons (Fsp3) is 0.185. The van der Waals surface area contributed by atoms with Crippen LogP contribution in [0.2, 0.25) is 0 Å². The van der Waals surface area contributed by atoms with Crippen molar-refractivity contribution in [3.05, 3.63) is 98.5 Å². The summed E-state index contributed by atoms with van der Waals surface area (Å²) in [6, 6.07) is 6.52. The minimum atomic E-state index is -1.64. The number of fused-ring (bicyclic) bond motifs is 1. The Bertz CT molecular complexity index is 1860. The Balaban J connectivity index is 1.33. The first-order valence-electron chi connectivity index (χ1n) is 12.4. The molecular weight excluding hydrogens is 615 g/mol. The number of benzene rings is 2. The Hall–Kier alpha value is -4.33. The van der Waals surface area contributed by atoms with Crippen LogP contribution in [0.25, 0.3) is 28.0 Å². The summed E-state index contributed by atoms with van der Waals surface area (Å²) in [5.41, 5.74) is -0.112. The molecule has 6 rings (SSSR count). The largest absolute Gasteiger partial charge is 0.337 e. The minimum absolute atomic E-state index is 0.0789. The van der Waals surface area contributed by atoms with Crippen molar-refractivity contribution in [1.29, 1.82) is 0 Å². The fourth-order valence-corrected chi connectivity index (χ4v) is 5.76. The van der Waals surface area contributed by atoms with E-state index >= 15 is 0 Å². The summed E-state index contributed by atoms with van der Waals surface area (Å²) in [4.78, 5) is 34.3. The van der Waals surface area contributed by atoms with E-state index in [9.17, 15) is 31.5 Å². The van der Waals surface area contributed by atoms with Gasteiger partial charge >= 0.3 is 5.69 Å². The number of nitrogens with one attached hydrogen (secondary N) is 1. The number of amides is 1. The molecule has 210 valence electrons. The Morgan fingerprint density at radius 1 is 0.976 bits per heavy atom. The van der Waals surface area contributed by atoms with E-state index in [1.54, 1.807) is 12.1 Å². The van der Waals surface area contributed by atoms with E-state index in [-0.39, 0.29) is 58.5 Å². The molecule has 1 amide bonds. The number of halogens is 6. The van der Waals surface area contributed by atoms with E-state index in [0.717, 1.165) is 22.9 Å². The zero-order valence-corrected chi connectivity index (χ0v) is 22.4. The molecule has 0 atom stereocenters. The third kappa shape index (κ3) is 4.51. The molecule has 1 N–H and O–H groups in total. The van der Waals surface area contributed by atoms with Crippen LogP contribution >= 0.6 is 15.9 Å². The third-order valence-corrected chi connectivity index (χ3v) is 7.82. The maximum Gasteiger partial charge on any atom is 0.326 e. The molecular formula is C27H18BrF5N6O2. The van der Waals surface area contributed by atoms with Crippen LogP contribution in [-0.2, 0) is 0 Å². The van der Waals surface area contributed by atoms with Crippen LogP contribution in [0.15, 0.2) is 58.1 Å². The van der Waals surface area contributed by atoms with Gasteiger partial charge in [0.2, 0.25) is 0 Å². The first kappa shape index (κ1) is 26.9.